The number of benzene rings is 2. The molecule has 1 aliphatic rings. The maximum atomic E-state index is 9.52. The van der Waals surface area contributed by atoms with Gasteiger partial charge in [-0.1, -0.05) is 43.9 Å². The highest BCUT2D eigenvalue weighted by Crippen LogP contribution is 2.44. The molecule has 0 saturated carbocycles. The van der Waals surface area contributed by atoms with Crippen LogP contribution in [0.3, 0.4) is 0 Å². The van der Waals surface area contributed by atoms with Crippen LogP contribution in [-0.2, 0) is 10.5 Å². The molecule has 3 rings (SSSR count). The fourth-order valence-corrected chi connectivity index (χ4v) is 5.10. The van der Waals surface area contributed by atoms with Gasteiger partial charge in [0.1, 0.15) is 8.07 Å². The molecule has 2 aromatic rings. The Balaban J connectivity index is 2.29. The first-order valence-corrected chi connectivity index (χ1v) is 10.3. The minimum Gasteiger partial charge on any atom is -0.259 e. The van der Waals surface area contributed by atoms with Crippen LogP contribution >= 0.6 is 0 Å². The molecule has 1 aliphatic heterocycles. The molecule has 0 aromatic heterocycles. The highest BCUT2D eigenvalue weighted by atomic mass is 28.3. The summed E-state index contributed by atoms with van der Waals surface area (Å²) in [5.74, 6) is 0. The number of nitrogens with zero attached hydrogens (tertiary/aromatic N) is 1. The van der Waals surface area contributed by atoms with E-state index in [2.05, 4.69) is 43.9 Å². The smallest absolute Gasteiger partial charge is 0.161 e. The molecule has 2 aromatic carbocycles. The van der Waals surface area contributed by atoms with E-state index >= 15 is 0 Å². The second kappa shape index (κ2) is 4.25. The van der Waals surface area contributed by atoms with Crippen LogP contribution in [0.15, 0.2) is 41.4 Å². The van der Waals surface area contributed by atoms with Crippen LogP contribution in [0.4, 0.5) is 5.69 Å². The van der Waals surface area contributed by atoms with Crippen molar-refractivity contribution < 1.29 is 10.1 Å². The minimum atomic E-state index is -1.69. The Bertz CT molecular complexity index is 718. The largest absolute Gasteiger partial charge is 0.259 e. The third kappa shape index (κ3) is 1.84. The number of fused-ring (bicyclic) bond motifs is 2. The summed E-state index contributed by atoms with van der Waals surface area (Å²) in [5.41, 5.74) is 1.05. The monoisotopic (exact) mass is 285 g/mol. The van der Waals surface area contributed by atoms with Crippen LogP contribution < -0.4 is 0 Å². The zero-order valence-electron chi connectivity index (χ0n) is 12.3. The molecular weight excluding hydrogens is 266 g/mol. The Morgan fingerprint density at radius 1 is 1.10 bits per heavy atom. The fraction of sp³-hybridized carbons (Fsp3) is 0.312. The molecule has 0 fully saturated rings. The zero-order valence-corrected chi connectivity index (χ0v) is 13.3. The van der Waals surface area contributed by atoms with Gasteiger partial charge in [0.05, 0.1) is 5.69 Å². The van der Waals surface area contributed by atoms with Gasteiger partial charge in [0.25, 0.3) is 0 Å². The predicted molar refractivity (Wildman–Crippen MR) is 85.5 cm³/mol. The van der Waals surface area contributed by atoms with E-state index in [4.69, 9.17) is 9.88 Å². The van der Waals surface area contributed by atoms with Crippen molar-refractivity contribution in [2.24, 2.45) is 4.99 Å². The Kier molecular flexibility index (Phi) is 2.87. The average Bonchev–Trinajstić information content (AvgIpc) is 2.70. The van der Waals surface area contributed by atoms with Crippen molar-refractivity contribution in [2.75, 3.05) is 0 Å². The van der Waals surface area contributed by atoms with Gasteiger partial charge in [-0.05, 0) is 29.8 Å². The van der Waals surface area contributed by atoms with Gasteiger partial charge in [-0.3, -0.25) is 10.2 Å². The molecule has 4 heteroatoms. The van der Waals surface area contributed by atoms with Crippen LogP contribution in [0.2, 0.25) is 19.6 Å². The van der Waals surface area contributed by atoms with Gasteiger partial charge in [0.2, 0.25) is 0 Å². The SMILES string of the molecule is C[C@]1(OO)C([Si](C)(C)C)=Nc2cc3ccccc3cc21. The number of hydrogen-bond donors (Lipinski definition) is 1. The lowest BCUT2D eigenvalue weighted by Gasteiger charge is -2.30. The average molecular weight is 285 g/mol. The van der Waals surface area contributed by atoms with Gasteiger partial charge in [-0.25, -0.2) is 4.89 Å². The summed E-state index contributed by atoms with van der Waals surface area (Å²) in [6, 6.07) is 12.3. The van der Waals surface area contributed by atoms with Crippen LogP contribution in [0.25, 0.3) is 10.8 Å². The van der Waals surface area contributed by atoms with E-state index in [0.717, 1.165) is 27.4 Å². The summed E-state index contributed by atoms with van der Waals surface area (Å²) in [7, 11) is -1.69. The van der Waals surface area contributed by atoms with Crippen molar-refractivity contribution in [3.05, 3.63) is 42.0 Å². The van der Waals surface area contributed by atoms with Gasteiger partial charge in [-0.2, -0.15) is 0 Å². The second-order valence-corrected chi connectivity index (χ2v) is 11.5. The first kappa shape index (κ1) is 13.5. The van der Waals surface area contributed by atoms with Crippen molar-refractivity contribution in [1.82, 2.24) is 0 Å². The standard InChI is InChI=1S/C16H19NO2Si/c1-16(19-18)13-9-11-7-5-6-8-12(11)10-14(13)17-15(16)20(2,3)4/h5-10,18H,1-4H3/t16-/m1/s1. The summed E-state index contributed by atoms with van der Waals surface area (Å²) in [6.45, 7) is 8.56. The topological polar surface area (TPSA) is 41.8 Å². The minimum absolute atomic E-state index is 0.816. The molecule has 0 saturated heterocycles. The highest BCUT2D eigenvalue weighted by molar-refractivity contribution is 7.05. The van der Waals surface area contributed by atoms with Gasteiger partial charge >= 0.3 is 0 Å². The van der Waals surface area contributed by atoms with Crippen molar-refractivity contribution in [3.63, 3.8) is 0 Å². The van der Waals surface area contributed by atoms with Gasteiger partial charge in [0, 0.05) is 10.9 Å². The van der Waals surface area contributed by atoms with Gasteiger partial charge < -0.3 is 0 Å². The molecule has 0 unspecified atom stereocenters. The van der Waals surface area contributed by atoms with E-state index in [1.54, 1.807) is 0 Å². The maximum absolute atomic E-state index is 9.52. The molecule has 0 radical (unpaired) electrons. The third-order valence-electron chi connectivity index (χ3n) is 3.96. The molecule has 0 bridgehead atoms. The summed E-state index contributed by atoms with van der Waals surface area (Å²) < 4.78 is 0. The highest BCUT2D eigenvalue weighted by Gasteiger charge is 2.46. The van der Waals surface area contributed by atoms with Crippen molar-refractivity contribution in [1.29, 1.82) is 0 Å². The molecule has 0 aliphatic carbocycles. The summed E-state index contributed by atoms with van der Waals surface area (Å²) in [4.78, 5) is 9.71. The quantitative estimate of drug-likeness (QED) is 0.501. The van der Waals surface area contributed by atoms with Gasteiger partial charge in [-0.15, -0.1) is 0 Å². The van der Waals surface area contributed by atoms with E-state index in [0.29, 0.717) is 0 Å². The molecule has 1 N–H and O–H groups in total. The lowest BCUT2D eigenvalue weighted by molar-refractivity contribution is -0.298. The zero-order chi connectivity index (χ0) is 14.5. The second-order valence-electron chi connectivity index (χ2n) is 6.55. The van der Waals surface area contributed by atoms with Crippen molar-refractivity contribution in [2.45, 2.75) is 32.2 Å². The van der Waals surface area contributed by atoms with E-state index in [1.807, 2.05) is 19.1 Å². The summed E-state index contributed by atoms with van der Waals surface area (Å²) >= 11 is 0. The first-order chi connectivity index (χ1) is 9.36. The molecule has 3 nitrogen and oxygen atoms in total. The Morgan fingerprint density at radius 2 is 1.70 bits per heavy atom. The number of aliphatic imine (C=N–C) groups is 1. The number of hydrogen-bond acceptors (Lipinski definition) is 3. The Hall–Kier alpha value is -1.49. The number of rotatable bonds is 2. The van der Waals surface area contributed by atoms with Gasteiger partial charge in [0.15, 0.2) is 5.60 Å². The van der Waals surface area contributed by atoms with E-state index in [1.165, 1.54) is 0 Å². The molecule has 20 heavy (non-hydrogen) atoms. The molecular formula is C16H19NO2Si. The van der Waals surface area contributed by atoms with E-state index in [-0.39, 0.29) is 0 Å². The lowest BCUT2D eigenvalue weighted by Crippen LogP contribution is -2.47. The molecule has 104 valence electrons. The van der Waals surface area contributed by atoms with Crippen LogP contribution in [0.5, 0.6) is 0 Å². The van der Waals surface area contributed by atoms with E-state index < -0.39 is 13.7 Å². The first-order valence-electron chi connectivity index (χ1n) is 6.82. The Morgan fingerprint density at radius 3 is 2.25 bits per heavy atom. The lowest BCUT2D eigenvalue weighted by atomic mass is 9.95. The van der Waals surface area contributed by atoms with Crippen molar-refractivity contribution in [3.8, 4) is 0 Å². The normalized spacial score (nSPS) is 21.9. The maximum Gasteiger partial charge on any atom is 0.161 e. The van der Waals surface area contributed by atoms with Crippen LogP contribution in [0.1, 0.15) is 12.5 Å². The van der Waals surface area contributed by atoms with E-state index in [9.17, 15) is 5.26 Å². The predicted octanol–water partition coefficient (Wildman–Crippen LogP) is 4.51. The fourth-order valence-electron chi connectivity index (χ4n) is 3.03. The van der Waals surface area contributed by atoms with Crippen molar-refractivity contribution >= 4 is 29.9 Å². The Labute approximate surface area is 119 Å². The molecule has 0 spiro atoms. The molecule has 1 atom stereocenters. The summed E-state index contributed by atoms with van der Waals surface area (Å²) in [5, 5.41) is 12.8. The molecule has 0 amide bonds. The van der Waals surface area contributed by atoms with Crippen LogP contribution in [0, 0.1) is 0 Å². The van der Waals surface area contributed by atoms with Crippen LogP contribution in [-0.4, -0.2) is 18.7 Å². The third-order valence-corrected chi connectivity index (χ3v) is 5.96. The summed E-state index contributed by atoms with van der Waals surface area (Å²) in [6.07, 6.45) is 0. The molecule has 1 heterocycles.